The number of carbonyl (C=O) groups is 3. The highest BCUT2D eigenvalue weighted by Gasteiger charge is 2.51. The molecule has 26 heavy (non-hydrogen) atoms. The van der Waals surface area contributed by atoms with Gasteiger partial charge in [0.05, 0.1) is 12.6 Å². The summed E-state index contributed by atoms with van der Waals surface area (Å²) in [5.41, 5.74) is 0.699. The SMILES string of the molecule is O=C1C(=O)N(CCO)C(c2ccc(F)cc2)C1C(=O)c1ccc(Cl)cc1. The van der Waals surface area contributed by atoms with Gasteiger partial charge in [-0.15, -0.1) is 0 Å². The predicted molar refractivity (Wildman–Crippen MR) is 92.2 cm³/mol. The van der Waals surface area contributed by atoms with Gasteiger partial charge in [0.15, 0.2) is 5.78 Å². The molecule has 0 aromatic heterocycles. The molecule has 2 aromatic carbocycles. The fourth-order valence-electron chi connectivity index (χ4n) is 3.16. The Morgan fingerprint density at radius 2 is 1.69 bits per heavy atom. The summed E-state index contributed by atoms with van der Waals surface area (Å²) in [5, 5.41) is 9.68. The van der Waals surface area contributed by atoms with E-state index in [1.807, 2.05) is 0 Å². The van der Waals surface area contributed by atoms with Crippen molar-refractivity contribution in [3.8, 4) is 0 Å². The molecule has 2 unspecified atom stereocenters. The average molecular weight is 376 g/mol. The van der Waals surface area contributed by atoms with Gasteiger partial charge in [0.1, 0.15) is 11.7 Å². The number of nitrogens with zero attached hydrogens (tertiary/aromatic N) is 1. The molecule has 0 bridgehead atoms. The molecule has 1 N–H and O–H groups in total. The Bertz CT molecular complexity index is 851. The molecular weight excluding hydrogens is 361 g/mol. The van der Waals surface area contributed by atoms with Crippen LogP contribution >= 0.6 is 11.6 Å². The van der Waals surface area contributed by atoms with Crippen LogP contribution in [0.1, 0.15) is 22.0 Å². The van der Waals surface area contributed by atoms with Crippen LogP contribution in [0, 0.1) is 11.7 Å². The number of aliphatic hydroxyl groups is 1. The van der Waals surface area contributed by atoms with Gasteiger partial charge in [-0.05, 0) is 42.0 Å². The minimum absolute atomic E-state index is 0.100. The minimum Gasteiger partial charge on any atom is -0.395 e. The van der Waals surface area contributed by atoms with Crippen molar-refractivity contribution in [2.24, 2.45) is 5.92 Å². The first kappa shape index (κ1) is 18.2. The number of rotatable bonds is 5. The lowest BCUT2D eigenvalue weighted by molar-refractivity contribution is -0.141. The van der Waals surface area contributed by atoms with E-state index in [0.29, 0.717) is 10.6 Å². The first-order valence-corrected chi connectivity index (χ1v) is 8.32. The number of carbonyl (C=O) groups excluding carboxylic acids is 3. The summed E-state index contributed by atoms with van der Waals surface area (Å²) in [6.07, 6.45) is 0. The number of hydrogen-bond donors (Lipinski definition) is 1. The minimum atomic E-state index is -1.26. The first-order valence-electron chi connectivity index (χ1n) is 7.95. The number of amides is 1. The maximum absolute atomic E-state index is 13.3. The van der Waals surface area contributed by atoms with Crippen LogP contribution in [-0.2, 0) is 9.59 Å². The van der Waals surface area contributed by atoms with E-state index in [1.54, 1.807) is 0 Å². The van der Waals surface area contributed by atoms with Crippen molar-refractivity contribution in [2.75, 3.05) is 13.2 Å². The van der Waals surface area contributed by atoms with Crippen molar-refractivity contribution in [1.29, 1.82) is 0 Å². The summed E-state index contributed by atoms with van der Waals surface area (Å²) in [4.78, 5) is 39.0. The number of ketones is 2. The van der Waals surface area contributed by atoms with Gasteiger partial charge in [0, 0.05) is 17.1 Å². The Kier molecular flexibility index (Phi) is 5.15. The molecular formula is C19H15ClFNO4. The first-order chi connectivity index (χ1) is 12.4. The molecule has 0 aliphatic carbocycles. The lowest BCUT2D eigenvalue weighted by Crippen LogP contribution is -2.33. The van der Waals surface area contributed by atoms with Crippen LogP contribution in [0.3, 0.4) is 0 Å². The van der Waals surface area contributed by atoms with Crippen LogP contribution in [0.4, 0.5) is 4.39 Å². The van der Waals surface area contributed by atoms with E-state index in [0.717, 1.165) is 4.90 Å². The van der Waals surface area contributed by atoms with E-state index in [9.17, 15) is 23.9 Å². The molecule has 0 radical (unpaired) electrons. The van der Waals surface area contributed by atoms with Gasteiger partial charge in [0.25, 0.3) is 5.91 Å². The predicted octanol–water partition coefficient (Wildman–Crippen LogP) is 2.42. The molecule has 1 saturated heterocycles. The molecule has 5 nitrogen and oxygen atoms in total. The highest BCUT2D eigenvalue weighted by atomic mass is 35.5. The third-order valence-electron chi connectivity index (χ3n) is 4.37. The number of β-amino-alcohol motifs (C(OH)–C–C–N with tert-alkyl or cyclic N) is 1. The van der Waals surface area contributed by atoms with Crippen molar-refractivity contribution in [2.45, 2.75) is 6.04 Å². The standard InChI is InChI=1S/C19H15ClFNO4/c20-13-5-1-12(2-6-13)17(24)15-16(11-3-7-14(21)8-4-11)22(9-10-23)19(26)18(15)25/h1-8,15-16,23H,9-10H2. The number of Topliss-reactive ketones (excluding diaryl/α,β-unsaturated/α-hetero) is 2. The van der Waals surface area contributed by atoms with Crippen molar-refractivity contribution < 1.29 is 23.9 Å². The van der Waals surface area contributed by atoms with E-state index in [-0.39, 0.29) is 18.7 Å². The fourth-order valence-corrected chi connectivity index (χ4v) is 3.29. The molecule has 0 spiro atoms. The highest BCUT2D eigenvalue weighted by Crippen LogP contribution is 2.38. The van der Waals surface area contributed by atoms with Gasteiger partial charge in [0.2, 0.25) is 5.78 Å². The van der Waals surface area contributed by atoms with E-state index < -0.39 is 35.3 Å². The Labute approximate surface area is 154 Å². The average Bonchev–Trinajstić information content (AvgIpc) is 2.88. The lowest BCUT2D eigenvalue weighted by Gasteiger charge is -2.26. The molecule has 1 amide bonds. The Morgan fingerprint density at radius 1 is 1.08 bits per heavy atom. The summed E-state index contributed by atoms with van der Waals surface area (Å²) >= 11 is 5.83. The second-order valence-corrected chi connectivity index (χ2v) is 6.37. The normalized spacial score (nSPS) is 19.9. The van der Waals surface area contributed by atoms with Crippen molar-refractivity contribution in [1.82, 2.24) is 4.90 Å². The maximum Gasteiger partial charge on any atom is 0.291 e. The van der Waals surface area contributed by atoms with Gasteiger partial charge in [-0.2, -0.15) is 0 Å². The number of aliphatic hydroxyl groups excluding tert-OH is 1. The molecule has 0 saturated carbocycles. The molecule has 3 rings (SSSR count). The number of halogens is 2. The van der Waals surface area contributed by atoms with E-state index in [4.69, 9.17) is 11.6 Å². The monoisotopic (exact) mass is 375 g/mol. The number of likely N-dealkylation sites (tertiary alicyclic amines) is 1. The van der Waals surface area contributed by atoms with Gasteiger partial charge < -0.3 is 10.0 Å². The van der Waals surface area contributed by atoms with Crippen molar-refractivity contribution in [3.05, 3.63) is 70.5 Å². The van der Waals surface area contributed by atoms with Gasteiger partial charge in [-0.1, -0.05) is 23.7 Å². The summed E-state index contributed by atoms with van der Waals surface area (Å²) in [6.45, 7) is -0.463. The third kappa shape index (κ3) is 3.25. The van der Waals surface area contributed by atoms with Crippen LogP contribution in [0.2, 0.25) is 5.02 Å². The molecule has 2 aromatic rings. The lowest BCUT2D eigenvalue weighted by atomic mass is 9.86. The number of benzene rings is 2. The largest absolute Gasteiger partial charge is 0.395 e. The van der Waals surface area contributed by atoms with Crippen molar-refractivity contribution in [3.63, 3.8) is 0 Å². The molecule has 7 heteroatoms. The van der Waals surface area contributed by atoms with E-state index in [1.165, 1.54) is 48.5 Å². The smallest absolute Gasteiger partial charge is 0.291 e. The number of hydrogen-bond acceptors (Lipinski definition) is 4. The van der Waals surface area contributed by atoms with Gasteiger partial charge in [-0.3, -0.25) is 14.4 Å². The maximum atomic E-state index is 13.3. The molecule has 1 aliphatic heterocycles. The summed E-state index contributed by atoms with van der Waals surface area (Å²) < 4.78 is 13.3. The summed E-state index contributed by atoms with van der Waals surface area (Å²) in [6, 6.07) is 10.4. The van der Waals surface area contributed by atoms with Crippen LogP contribution in [0.5, 0.6) is 0 Å². The second kappa shape index (κ2) is 7.35. The molecule has 1 fully saturated rings. The van der Waals surface area contributed by atoms with E-state index >= 15 is 0 Å². The topological polar surface area (TPSA) is 74.7 Å². The zero-order chi connectivity index (χ0) is 18.8. The van der Waals surface area contributed by atoms with E-state index in [2.05, 4.69) is 0 Å². The fraction of sp³-hybridized carbons (Fsp3) is 0.211. The summed E-state index contributed by atoms with van der Waals surface area (Å²) in [7, 11) is 0. The second-order valence-electron chi connectivity index (χ2n) is 5.93. The van der Waals surface area contributed by atoms with Crippen LogP contribution in [-0.4, -0.2) is 40.6 Å². The molecule has 2 atom stereocenters. The molecule has 134 valence electrons. The zero-order valence-electron chi connectivity index (χ0n) is 13.6. The quantitative estimate of drug-likeness (QED) is 0.495. The van der Waals surface area contributed by atoms with Crippen molar-refractivity contribution >= 4 is 29.1 Å². The third-order valence-corrected chi connectivity index (χ3v) is 4.62. The molecule has 1 aliphatic rings. The van der Waals surface area contributed by atoms with Gasteiger partial charge in [-0.25, -0.2) is 4.39 Å². The molecule has 1 heterocycles. The Balaban J connectivity index is 2.05. The zero-order valence-corrected chi connectivity index (χ0v) is 14.3. The van der Waals surface area contributed by atoms with Crippen LogP contribution in [0.25, 0.3) is 0 Å². The summed E-state index contributed by atoms with van der Waals surface area (Å²) in [5.74, 6) is -3.93. The van der Waals surface area contributed by atoms with Crippen LogP contribution < -0.4 is 0 Å². The van der Waals surface area contributed by atoms with Crippen LogP contribution in [0.15, 0.2) is 48.5 Å². The Morgan fingerprint density at radius 3 is 2.27 bits per heavy atom. The Hall–Kier alpha value is -2.57. The highest BCUT2D eigenvalue weighted by molar-refractivity contribution is 6.44. The van der Waals surface area contributed by atoms with Gasteiger partial charge >= 0.3 is 0 Å².